The zero-order valence-electron chi connectivity index (χ0n) is 12.7. The van der Waals surface area contributed by atoms with E-state index in [2.05, 4.69) is 22.0 Å². The molecule has 2 N–H and O–H groups in total. The lowest BCUT2D eigenvalue weighted by molar-refractivity contribution is -0.0247. The number of nitrogen functional groups attached to an aromatic ring is 1. The van der Waals surface area contributed by atoms with Crippen molar-refractivity contribution in [3.8, 4) is 0 Å². The van der Waals surface area contributed by atoms with E-state index in [1.54, 1.807) is 10.9 Å². The lowest BCUT2D eigenvalue weighted by Gasteiger charge is -2.30. The molecule has 2 aromatic heterocycles. The van der Waals surface area contributed by atoms with Crippen molar-refractivity contribution < 1.29 is 4.74 Å². The third kappa shape index (κ3) is 2.85. The number of fused-ring (bicyclic) bond motifs is 1. The molecule has 0 aromatic carbocycles. The molecule has 3 rings (SSSR count). The van der Waals surface area contributed by atoms with Crippen molar-refractivity contribution in [2.45, 2.75) is 51.7 Å². The highest BCUT2D eigenvalue weighted by molar-refractivity contribution is 5.84. The Labute approximate surface area is 124 Å². The van der Waals surface area contributed by atoms with Gasteiger partial charge in [0.2, 0.25) is 0 Å². The second kappa shape index (κ2) is 5.97. The van der Waals surface area contributed by atoms with Crippen molar-refractivity contribution >= 4 is 16.9 Å². The lowest BCUT2D eigenvalue weighted by Crippen LogP contribution is -2.27. The fraction of sp³-hybridized carbons (Fsp3) is 0.667. The van der Waals surface area contributed by atoms with Gasteiger partial charge >= 0.3 is 0 Å². The van der Waals surface area contributed by atoms with Crippen molar-refractivity contribution in [1.82, 2.24) is 19.7 Å². The molecule has 0 saturated heterocycles. The number of ether oxygens (including phenoxy) is 1. The van der Waals surface area contributed by atoms with Crippen molar-refractivity contribution in [3.05, 3.63) is 12.0 Å². The summed E-state index contributed by atoms with van der Waals surface area (Å²) in [6.45, 7) is 2.66. The molecule has 114 valence electrons. The fourth-order valence-electron chi connectivity index (χ4n) is 3.20. The molecule has 1 fully saturated rings. The number of aryl methyl sites for hydroxylation is 1. The van der Waals surface area contributed by atoms with Gasteiger partial charge in [-0.3, -0.25) is 4.68 Å². The van der Waals surface area contributed by atoms with E-state index >= 15 is 0 Å². The summed E-state index contributed by atoms with van der Waals surface area (Å²) in [5, 5.41) is 4.96. The van der Waals surface area contributed by atoms with E-state index in [4.69, 9.17) is 10.5 Å². The average Bonchev–Trinajstić information content (AvgIpc) is 2.87. The van der Waals surface area contributed by atoms with Crippen LogP contribution in [-0.4, -0.2) is 25.9 Å². The predicted octanol–water partition coefficient (Wildman–Crippen LogP) is 2.43. The predicted molar refractivity (Wildman–Crippen MR) is 81.5 cm³/mol. The van der Waals surface area contributed by atoms with Crippen LogP contribution in [0.1, 0.15) is 44.9 Å². The smallest absolute Gasteiger partial charge is 0.163 e. The Morgan fingerprint density at radius 1 is 1.33 bits per heavy atom. The first kappa shape index (κ1) is 14.3. The molecule has 2 aromatic rings. The monoisotopic (exact) mass is 289 g/mol. The number of nitrogens with two attached hydrogens (primary N) is 1. The second-order valence-corrected chi connectivity index (χ2v) is 5.83. The summed E-state index contributed by atoms with van der Waals surface area (Å²) in [7, 11) is 1.85. The summed E-state index contributed by atoms with van der Waals surface area (Å²) in [6, 6.07) is 0. The average molecular weight is 289 g/mol. The van der Waals surface area contributed by atoms with E-state index in [9.17, 15) is 0 Å². The topological polar surface area (TPSA) is 78.9 Å². The lowest BCUT2D eigenvalue weighted by atomic mass is 9.85. The Morgan fingerprint density at radius 2 is 2.14 bits per heavy atom. The fourth-order valence-corrected chi connectivity index (χ4v) is 3.20. The minimum Gasteiger partial charge on any atom is -0.383 e. The summed E-state index contributed by atoms with van der Waals surface area (Å²) in [6.07, 6.45) is 8.19. The number of hydrogen-bond acceptors (Lipinski definition) is 5. The quantitative estimate of drug-likeness (QED) is 0.935. The third-order valence-electron chi connectivity index (χ3n) is 4.46. The van der Waals surface area contributed by atoms with Gasteiger partial charge in [0.05, 0.1) is 17.7 Å². The molecule has 1 aliphatic rings. The van der Waals surface area contributed by atoms with E-state index in [1.165, 1.54) is 25.7 Å². The van der Waals surface area contributed by atoms with Gasteiger partial charge in [0.25, 0.3) is 0 Å². The van der Waals surface area contributed by atoms with Crippen molar-refractivity contribution in [2.24, 2.45) is 13.0 Å². The highest BCUT2D eigenvalue weighted by Crippen LogP contribution is 2.29. The molecule has 21 heavy (non-hydrogen) atoms. The third-order valence-corrected chi connectivity index (χ3v) is 4.46. The van der Waals surface area contributed by atoms with Crippen LogP contribution in [-0.2, 0) is 18.4 Å². The van der Waals surface area contributed by atoms with Crippen molar-refractivity contribution in [2.75, 3.05) is 5.73 Å². The van der Waals surface area contributed by atoms with Gasteiger partial charge in [-0.2, -0.15) is 5.10 Å². The molecule has 2 heterocycles. The Bertz CT molecular complexity index is 624. The van der Waals surface area contributed by atoms with Crippen molar-refractivity contribution in [1.29, 1.82) is 0 Å². The van der Waals surface area contributed by atoms with E-state index in [0.717, 1.165) is 17.5 Å². The molecule has 2 atom stereocenters. The van der Waals surface area contributed by atoms with E-state index in [0.29, 0.717) is 30.3 Å². The van der Waals surface area contributed by atoms with Gasteiger partial charge < -0.3 is 10.5 Å². The van der Waals surface area contributed by atoms with Gasteiger partial charge in [-0.15, -0.1) is 0 Å². The molecule has 6 heteroatoms. The highest BCUT2D eigenvalue weighted by Gasteiger charge is 2.24. The van der Waals surface area contributed by atoms with Crippen molar-refractivity contribution in [3.63, 3.8) is 0 Å². The largest absolute Gasteiger partial charge is 0.383 e. The van der Waals surface area contributed by atoms with Gasteiger partial charge in [-0.25, -0.2) is 9.97 Å². The SMILES string of the molecule is CCC1CCCCC1OCc1nc(N)c2cnn(C)c2n1. The molecule has 2 unspecified atom stereocenters. The van der Waals surface area contributed by atoms with Gasteiger partial charge in [0.15, 0.2) is 11.5 Å². The highest BCUT2D eigenvalue weighted by atomic mass is 16.5. The van der Waals surface area contributed by atoms with Gasteiger partial charge in [0.1, 0.15) is 12.4 Å². The Hall–Kier alpha value is -1.69. The standard InChI is InChI=1S/C15H23N5O/c1-3-10-6-4-5-7-12(10)21-9-13-18-14(16)11-8-17-20(2)15(11)19-13/h8,10,12H,3-7,9H2,1-2H3,(H2,16,18,19). The molecule has 6 nitrogen and oxygen atoms in total. The maximum Gasteiger partial charge on any atom is 0.163 e. The zero-order valence-corrected chi connectivity index (χ0v) is 12.7. The van der Waals surface area contributed by atoms with Crippen LogP contribution in [0.5, 0.6) is 0 Å². The molecule has 0 bridgehead atoms. The molecule has 0 radical (unpaired) electrons. The summed E-state index contributed by atoms with van der Waals surface area (Å²) >= 11 is 0. The molecule has 1 saturated carbocycles. The van der Waals surface area contributed by atoms with Crippen LogP contribution in [0.25, 0.3) is 11.0 Å². The van der Waals surface area contributed by atoms with Crippen LogP contribution in [0, 0.1) is 5.92 Å². The van der Waals surface area contributed by atoms with Gasteiger partial charge in [-0.05, 0) is 18.8 Å². The number of hydrogen-bond donors (Lipinski definition) is 1. The zero-order chi connectivity index (χ0) is 14.8. The van der Waals surface area contributed by atoms with E-state index < -0.39 is 0 Å². The minimum absolute atomic E-state index is 0.329. The summed E-state index contributed by atoms with van der Waals surface area (Å²) < 4.78 is 7.80. The summed E-state index contributed by atoms with van der Waals surface area (Å²) in [5.41, 5.74) is 6.73. The first-order chi connectivity index (χ1) is 10.2. The number of aromatic nitrogens is 4. The number of rotatable bonds is 4. The van der Waals surface area contributed by atoms with Gasteiger partial charge in [-0.1, -0.05) is 26.2 Å². The molecule has 1 aliphatic carbocycles. The van der Waals surface area contributed by atoms with Gasteiger partial charge in [0, 0.05) is 7.05 Å². The van der Waals surface area contributed by atoms with Crippen LogP contribution < -0.4 is 5.73 Å². The Balaban J connectivity index is 1.74. The number of nitrogens with zero attached hydrogens (tertiary/aromatic N) is 4. The molecule has 0 aliphatic heterocycles. The first-order valence-corrected chi connectivity index (χ1v) is 7.74. The summed E-state index contributed by atoms with van der Waals surface area (Å²) in [5.74, 6) is 1.78. The maximum atomic E-state index is 6.08. The van der Waals surface area contributed by atoms with E-state index in [1.807, 2.05) is 7.05 Å². The first-order valence-electron chi connectivity index (χ1n) is 7.74. The number of anilines is 1. The Morgan fingerprint density at radius 3 is 2.95 bits per heavy atom. The normalized spacial score (nSPS) is 22.8. The summed E-state index contributed by atoms with van der Waals surface area (Å²) in [4.78, 5) is 8.85. The maximum absolute atomic E-state index is 6.08. The van der Waals surface area contributed by atoms with E-state index in [-0.39, 0.29) is 0 Å². The van der Waals surface area contributed by atoms with Crippen LogP contribution in [0.2, 0.25) is 0 Å². The molecular formula is C15H23N5O. The minimum atomic E-state index is 0.329. The molecule has 0 amide bonds. The van der Waals surface area contributed by atoms with Crippen LogP contribution in [0.15, 0.2) is 6.20 Å². The van der Waals surface area contributed by atoms with Crippen LogP contribution in [0.4, 0.5) is 5.82 Å². The Kier molecular flexibility index (Phi) is 4.05. The second-order valence-electron chi connectivity index (χ2n) is 5.83. The van der Waals surface area contributed by atoms with Crippen LogP contribution >= 0.6 is 0 Å². The molecular weight excluding hydrogens is 266 g/mol. The van der Waals surface area contributed by atoms with Crippen LogP contribution in [0.3, 0.4) is 0 Å². The molecule has 0 spiro atoms.